The number of benzene rings is 3. The zero-order chi connectivity index (χ0) is 32.7. The first-order chi connectivity index (χ1) is 20.6. The summed E-state index contributed by atoms with van der Waals surface area (Å²) in [6, 6.07) is 9.94. The first-order valence-corrected chi connectivity index (χ1v) is 13.4. The normalized spacial score (nSPS) is 13.1. The van der Waals surface area contributed by atoms with Gasteiger partial charge in [-0.15, -0.1) is 0 Å². The quantitative estimate of drug-likeness (QED) is 0.0664. The van der Waals surface area contributed by atoms with Gasteiger partial charge in [0.15, 0.2) is 25.1 Å². The highest BCUT2D eigenvalue weighted by Crippen LogP contribution is 2.55. The maximum Gasteiger partial charge on any atom is 0.252 e. The molecule has 0 saturated heterocycles. The van der Waals surface area contributed by atoms with E-state index in [1.807, 2.05) is 6.92 Å². The summed E-state index contributed by atoms with van der Waals surface area (Å²) in [5.41, 5.74) is -2.93. The van der Waals surface area contributed by atoms with E-state index in [-0.39, 0.29) is 38.9 Å². The van der Waals surface area contributed by atoms with Crippen LogP contribution in [0.2, 0.25) is 5.02 Å². The summed E-state index contributed by atoms with van der Waals surface area (Å²) in [6.07, 6.45) is 1.07. The molecule has 0 radical (unpaired) electrons. The van der Waals surface area contributed by atoms with Crippen molar-refractivity contribution in [3.8, 4) is 45.6 Å². The van der Waals surface area contributed by atoms with Crippen molar-refractivity contribution in [3.05, 3.63) is 86.8 Å². The molecule has 1 heterocycles. The first kappa shape index (κ1) is 31.8. The summed E-state index contributed by atoms with van der Waals surface area (Å²) in [4.78, 5) is 40.0. The molecule has 0 spiro atoms. The van der Waals surface area contributed by atoms with Crippen LogP contribution < -0.4 is 15.6 Å². The lowest BCUT2D eigenvalue weighted by molar-refractivity contribution is -0.124. The van der Waals surface area contributed by atoms with E-state index in [4.69, 9.17) is 16.3 Å². The van der Waals surface area contributed by atoms with Crippen molar-refractivity contribution in [2.75, 3.05) is 12.4 Å². The molecule has 0 aliphatic heterocycles. The van der Waals surface area contributed by atoms with Crippen LogP contribution in [-0.2, 0) is 10.3 Å². The van der Waals surface area contributed by atoms with E-state index >= 15 is 0 Å². The molecule has 7 N–H and O–H groups in total. The summed E-state index contributed by atoms with van der Waals surface area (Å²) in [5, 5.41) is 66.3. The molecule has 2 atom stereocenters. The van der Waals surface area contributed by atoms with Gasteiger partial charge in [-0.3, -0.25) is 19.0 Å². The highest BCUT2D eigenvalue weighted by atomic mass is 35.5. The monoisotopic (exact) mass is 622 g/mol. The number of aromatic hydroxyl groups is 5. The maximum absolute atomic E-state index is 13.9. The Kier molecular flexibility index (Phi) is 8.57. The molecule has 3 aromatic carbocycles. The lowest BCUT2D eigenvalue weighted by atomic mass is 9.68. The minimum atomic E-state index is -2.78. The highest BCUT2D eigenvalue weighted by molar-refractivity contribution is 6.31. The Hall–Kier alpha value is -5.14. The fraction of sp³-hybridized carbons (Fsp3) is 0.167. The van der Waals surface area contributed by atoms with Crippen LogP contribution in [0.25, 0.3) is 11.1 Å². The predicted octanol–water partition coefficient (Wildman–Crippen LogP) is 2.87. The molecule has 0 saturated carbocycles. The van der Waals surface area contributed by atoms with Gasteiger partial charge in [0.1, 0.15) is 11.8 Å². The van der Waals surface area contributed by atoms with Gasteiger partial charge < -0.3 is 40.7 Å². The van der Waals surface area contributed by atoms with Crippen molar-refractivity contribution in [2.24, 2.45) is 0 Å². The number of carbonyl (C=O) groups excluding carboxylic acids is 2. The maximum atomic E-state index is 13.9. The molecule has 4 rings (SSSR count). The summed E-state index contributed by atoms with van der Waals surface area (Å²) in [7, 11) is 2.20. The second-order valence-corrected chi connectivity index (χ2v) is 10.7. The summed E-state index contributed by atoms with van der Waals surface area (Å²) < 4.78 is 6.27. The Morgan fingerprint density at radius 1 is 0.932 bits per heavy atom. The lowest BCUT2D eigenvalue weighted by Crippen LogP contribution is -2.47. The molecule has 2 unspecified atom stereocenters. The van der Waals surface area contributed by atoms with E-state index in [1.165, 1.54) is 32.2 Å². The minimum absolute atomic E-state index is 0.0388. The van der Waals surface area contributed by atoms with Gasteiger partial charge >= 0.3 is 0 Å². The average Bonchev–Trinajstić information content (AvgIpc) is 2.96. The Balaban J connectivity index is 2.01. The molecular weight excluding hydrogens is 595 g/mol. The number of nitrogens with one attached hydrogen (secondary N) is 1. The van der Waals surface area contributed by atoms with Gasteiger partial charge in [0, 0.05) is 27.9 Å². The van der Waals surface area contributed by atoms with Crippen LogP contribution in [0.5, 0.6) is 34.5 Å². The topological polar surface area (TPSA) is 199 Å². The Morgan fingerprint density at radius 2 is 1.50 bits per heavy atom. The van der Waals surface area contributed by atoms with Crippen LogP contribution in [0, 0.1) is 6.92 Å². The number of rotatable bonds is 8. The number of phenolic OH excluding ortho intramolecular Hbond substituents is 5. The van der Waals surface area contributed by atoms with E-state index < -0.39 is 57.3 Å². The number of hydrogen-bond donors (Lipinski definition) is 7. The zero-order valence-electron chi connectivity index (χ0n) is 23.9. The molecule has 0 fully saturated rings. The molecule has 14 heteroatoms. The number of ether oxygens (including phenoxy) is 1. The number of halogens is 1. The molecule has 1 amide bonds. The second kappa shape index (κ2) is 11.9. The molecule has 44 heavy (non-hydrogen) atoms. The fourth-order valence-electron chi connectivity index (χ4n) is 4.95. The third-order valence-electron chi connectivity index (χ3n) is 7.17. The van der Waals surface area contributed by atoms with Crippen LogP contribution in [0.15, 0.2) is 59.5 Å². The van der Waals surface area contributed by atoms with Crippen LogP contribution in [-0.4, -0.2) is 61.9 Å². The van der Waals surface area contributed by atoms with Gasteiger partial charge in [-0.25, -0.2) is 0 Å². The van der Waals surface area contributed by atoms with Crippen molar-refractivity contribution < 1.29 is 45.0 Å². The smallest absolute Gasteiger partial charge is 0.252 e. The van der Waals surface area contributed by atoms with E-state index in [1.54, 1.807) is 24.3 Å². The zero-order valence-corrected chi connectivity index (χ0v) is 24.7. The SMILES string of the molecule is BC(O)(c1c(O)c(O)c(O)c(O)c1O)C(C(=O)Nc1ccc(C)cc1)n1cc(OC)c(-c2cc(Cl)ccc2C(C)=O)cc1=O. The largest absolute Gasteiger partial charge is 0.504 e. The van der Waals surface area contributed by atoms with E-state index in [0.29, 0.717) is 0 Å². The number of hydrogen-bond acceptors (Lipinski definition) is 10. The standard InChI is InChI=1S/C30H28BClN2O10/c1-13-4-7-16(8-5-13)33-29(42)28(30(31,43)22-23(37)25(39)27(41)26(40)24(22)38)34-12-20(44-3)19(11-21(34)36)18-10-15(32)6-9-17(18)14(2)35/h4-12,28,37-41,43H,31H2,1-3H3,(H,33,42). The number of Topliss-reactive ketones (excluding diaryl/α,β-unsaturated/α-hetero) is 1. The number of aryl methyl sites for hydroxylation is 1. The van der Waals surface area contributed by atoms with Crippen molar-refractivity contribution in [3.63, 3.8) is 0 Å². The van der Waals surface area contributed by atoms with Crippen molar-refractivity contribution >= 4 is 36.8 Å². The van der Waals surface area contributed by atoms with Gasteiger partial charge in [-0.1, -0.05) is 29.3 Å². The molecule has 4 aromatic rings. The summed E-state index contributed by atoms with van der Waals surface area (Å²) in [6.45, 7) is 3.14. The average molecular weight is 623 g/mol. The number of nitrogens with zero attached hydrogens (tertiary/aromatic N) is 1. The van der Waals surface area contributed by atoms with E-state index in [2.05, 4.69) is 5.32 Å². The molecule has 228 valence electrons. The third-order valence-corrected chi connectivity index (χ3v) is 7.41. The van der Waals surface area contributed by atoms with Gasteiger partial charge in [-0.2, -0.15) is 0 Å². The highest BCUT2D eigenvalue weighted by Gasteiger charge is 2.46. The van der Waals surface area contributed by atoms with E-state index in [9.17, 15) is 45.0 Å². The number of anilines is 1. The Labute approximate surface area is 256 Å². The molecule has 0 aliphatic carbocycles. The van der Waals surface area contributed by atoms with Gasteiger partial charge in [-0.05, 0) is 49.7 Å². The van der Waals surface area contributed by atoms with E-state index in [0.717, 1.165) is 30.2 Å². The number of ketones is 1. The summed E-state index contributed by atoms with van der Waals surface area (Å²) >= 11 is 6.18. The Bertz CT molecular complexity index is 1830. The second-order valence-electron chi connectivity index (χ2n) is 10.3. The fourth-order valence-corrected chi connectivity index (χ4v) is 5.12. The van der Waals surface area contributed by atoms with Crippen LogP contribution >= 0.6 is 11.6 Å². The number of carbonyl (C=O) groups is 2. The van der Waals surface area contributed by atoms with Crippen molar-refractivity contribution in [1.82, 2.24) is 4.57 Å². The van der Waals surface area contributed by atoms with Crippen LogP contribution in [0.1, 0.15) is 34.5 Å². The molecule has 0 bridgehead atoms. The molecular formula is C30H28BClN2O10. The van der Waals surface area contributed by atoms with Gasteiger partial charge in [0.25, 0.3) is 5.56 Å². The summed E-state index contributed by atoms with van der Waals surface area (Å²) in [5.74, 6) is -7.82. The number of amides is 1. The number of aliphatic hydroxyl groups is 1. The predicted molar refractivity (Wildman–Crippen MR) is 164 cm³/mol. The third kappa shape index (κ3) is 5.62. The Morgan fingerprint density at radius 3 is 2.05 bits per heavy atom. The number of methoxy groups -OCH3 is 1. The van der Waals surface area contributed by atoms with Crippen LogP contribution in [0.4, 0.5) is 5.69 Å². The number of aromatic nitrogens is 1. The molecule has 0 aliphatic rings. The van der Waals surface area contributed by atoms with Crippen LogP contribution in [0.3, 0.4) is 0 Å². The van der Waals surface area contributed by atoms with Gasteiger partial charge in [0.2, 0.25) is 23.2 Å². The lowest BCUT2D eigenvalue weighted by Gasteiger charge is -2.35. The van der Waals surface area contributed by atoms with Gasteiger partial charge in [0.05, 0.1) is 24.4 Å². The molecule has 12 nitrogen and oxygen atoms in total. The minimum Gasteiger partial charge on any atom is -0.504 e. The molecule has 1 aromatic heterocycles. The first-order valence-electron chi connectivity index (χ1n) is 13.0. The van der Waals surface area contributed by atoms with Crippen molar-refractivity contribution in [1.29, 1.82) is 0 Å². The number of phenols is 5. The number of pyridine rings is 1. The van der Waals surface area contributed by atoms with Crippen molar-refractivity contribution in [2.45, 2.75) is 25.4 Å².